The highest BCUT2D eigenvalue weighted by Gasteiger charge is 2.20. The molecule has 8 heteroatoms. The minimum absolute atomic E-state index is 0.144. The number of esters is 1. The summed E-state index contributed by atoms with van der Waals surface area (Å²) in [5.41, 5.74) is 9.19. The van der Waals surface area contributed by atoms with Crippen LogP contribution in [0.25, 0.3) is 22.0 Å². The molecule has 0 unspecified atom stereocenters. The molecule has 0 aliphatic carbocycles. The van der Waals surface area contributed by atoms with E-state index in [-0.39, 0.29) is 19.1 Å². The third kappa shape index (κ3) is 7.01. The molecule has 0 atom stereocenters. The van der Waals surface area contributed by atoms with Crippen molar-refractivity contribution in [3.8, 4) is 17.2 Å². The zero-order chi connectivity index (χ0) is 33.6. The highest BCUT2D eigenvalue weighted by atomic mass is 16.5. The van der Waals surface area contributed by atoms with Gasteiger partial charge in [-0.2, -0.15) is 5.26 Å². The first-order valence-corrected chi connectivity index (χ1v) is 15.9. The number of nitrogens with one attached hydrogen (secondary N) is 1. The van der Waals surface area contributed by atoms with E-state index >= 15 is 0 Å². The van der Waals surface area contributed by atoms with E-state index in [1.807, 2.05) is 98.8 Å². The molecule has 0 saturated heterocycles. The van der Waals surface area contributed by atoms with Gasteiger partial charge in [-0.25, -0.2) is 4.79 Å². The van der Waals surface area contributed by atoms with E-state index in [1.165, 1.54) is 0 Å². The zero-order valence-corrected chi connectivity index (χ0v) is 27.2. The molecule has 0 bridgehead atoms. The van der Waals surface area contributed by atoms with E-state index in [9.17, 15) is 14.9 Å². The molecule has 238 valence electrons. The molecule has 48 heavy (non-hydrogen) atoms. The van der Waals surface area contributed by atoms with Crippen molar-refractivity contribution in [2.24, 2.45) is 0 Å². The molecule has 2 heterocycles. The molecule has 6 rings (SSSR count). The number of hydrogen-bond acceptors (Lipinski definition) is 6. The van der Waals surface area contributed by atoms with Gasteiger partial charge in [-0.05, 0) is 78.9 Å². The van der Waals surface area contributed by atoms with Crippen LogP contribution in [0.2, 0.25) is 0 Å². The quantitative estimate of drug-likeness (QED) is 0.157. The van der Waals surface area contributed by atoms with E-state index < -0.39 is 5.97 Å². The number of nitrogens with zero attached hydrogens (tertiary/aromatic N) is 4. The largest absolute Gasteiger partial charge is 0.457 e. The van der Waals surface area contributed by atoms with Crippen LogP contribution in [0.1, 0.15) is 66.8 Å². The van der Waals surface area contributed by atoms with Gasteiger partial charge in [0.1, 0.15) is 6.61 Å². The smallest absolute Gasteiger partial charge is 0.339 e. The number of fused-ring (bicyclic) bond motifs is 1. The molecule has 0 saturated carbocycles. The second kappa shape index (κ2) is 14.1. The molecule has 0 aliphatic heterocycles. The Morgan fingerprint density at radius 2 is 1.73 bits per heavy atom. The molecule has 0 radical (unpaired) electrons. The molecule has 1 amide bonds. The lowest BCUT2D eigenvalue weighted by atomic mass is 9.89. The number of hydrogen-bond donors (Lipinski definition) is 1. The van der Waals surface area contributed by atoms with E-state index in [0.717, 1.165) is 51.0 Å². The van der Waals surface area contributed by atoms with Crippen LogP contribution in [0.4, 0.5) is 0 Å². The van der Waals surface area contributed by atoms with Crippen molar-refractivity contribution in [2.45, 2.75) is 46.9 Å². The summed E-state index contributed by atoms with van der Waals surface area (Å²) in [6, 6.07) is 28.9. The summed E-state index contributed by atoms with van der Waals surface area (Å²) in [5.74, 6) is -0.708. The molecule has 4 aromatic carbocycles. The maximum Gasteiger partial charge on any atom is 0.339 e. The van der Waals surface area contributed by atoms with Crippen LogP contribution >= 0.6 is 0 Å². The minimum Gasteiger partial charge on any atom is -0.457 e. The van der Waals surface area contributed by atoms with Crippen LogP contribution in [-0.2, 0) is 30.9 Å². The van der Waals surface area contributed by atoms with Crippen molar-refractivity contribution >= 4 is 22.8 Å². The number of amides is 1. The monoisotopic (exact) mass is 633 g/mol. The van der Waals surface area contributed by atoms with Crippen molar-refractivity contribution in [2.75, 3.05) is 0 Å². The standard InChI is InChI=1S/C40H35N5O3/c1-4-45-24-32(34-15-11-29(20-41)17-38(34)45)18-30-12-13-31(39(46)44-23-33-22-42-27(3)21-43-33)19-36(30)35-14-10-26(2)16-37(35)40(47)48-25-28-8-6-5-7-9-28/h5-17,19,21-22,24H,4,18,23,25H2,1-3H3,(H,44,46). The molecular weight excluding hydrogens is 598 g/mol. The second-order valence-electron chi connectivity index (χ2n) is 11.8. The fraction of sp³-hybridized carbons (Fsp3) is 0.175. The van der Waals surface area contributed by atoms with Gasteiger partial charge in [-0.1, -0.05) is 60.2 Å². The van der Waals surface area contributed by atoms with Gasteiger partial charge in [0.25, 0.3) is 5.91 Å². The zero-order valence-electron chi connectivity index (χ0n) is 27.2. The molecule has 0 spiro atoms. The lowest BCUT2D eigenvalue weighted by Gasteiger charge is -2.16. The Morgan fingerprint density at radius 1 is 0.896 bits per heavy atom. The van der Waals surface area contributed by atoms with Crippen molar-refractivity contribution < 1.29 is 14.3 Å². The van der Waals surface area contributed by atoms with Gasteiger partial charge in [-0.3, -0.25) is 14.8 Å². The maximum atomic E-state index is 13.7. The fourth-order valence-electron chi connectivity index (χ4n) is 5.81. The normalized spacial score (nSPS) is 10.9. The highest BCUT2D eigenvalue weighted by molar-refractivity contribution is 6.00. The number of aryl methyl sites for hydroxylation is 3. The Hall–Kier alpha value is -6.07. The predicted octanol–water partition coefficient (Wildman–Crippen LogP) is 7.48. The first-order valence-electron chi connectivity index (χ1n) is 15.9. The Morgan fingerprint density at radius 3 is 2.48 bits per heavy atom. The van der Waals surface area contributed by atoms with Gasteiger partial charge in [0.2, 0.25) is 0 Å². The van der Waals surface area contributed by atoms with Crippen molar-refractivity contribution in [3.05, 3.63) is 154 Å². The third-order valence-electron chi connectivity index (χ3n) is 8.35. The Balaban J connectivity index is 1.40. The van der Waals surface area contributed by atoms with Crippen LogP contribution < -0.4 is 5.32 Å². The summed E-state index contributed by atoms with van der Waals surface area (Å²) in [6.07, 6.45) is 5.97. The van der Waals surface area contributed by atoms with E-state index in [4.69, 9.17) is 4.74 Å². The first-order chi connectivity index (χ1) is 23.3. The first kappa shape index (κ1) is 31.9. The van der Waals surface area contributed by atoms with Crippen molar-refractivity contribution in [1.82, 2.24) is 19.9 Å². The van der Waals surface area contributed by atoms with E-state index in [2.05, 4.69) is 39.0 Å². The van der Waals surface area contributed by atoms with E-state index in [0.29, 0.717) is 34.4 Å². The number of carbonyl (C=O) groups excluding carboxylic acids is 2. The van der Waals surface area contributed by atoms with Crippen LogP contribution in [0, 0.1) is 25.2 Å². The number of benzene rings is 4. The molecule has 0 aliphatic rings. The van der Waals surface area contributed by atoms with Gasteiger partial charge in [-0.15, -0.1) is 0 Å². The SMILES string of the molecule is CCn1cc(Cc2ccc(C(=O)NCc3cnc(C)cn3)cc2-c2ccc(C)cc2C(=O)OCc2ccccc2)c2ccc(C#N)cc21. The number of nitriles is 1. The summed E-state index contributed by atoms with van der Waals surface area (Å²) >= 11 is 0. The summed E-state index contributed by atoms with van der Waals surface area (Å²) in [5, 5.41) is 13.5. The maximum absolute atomic E-state index is 13.7. The van der Waals surface area contributed by atoms with Gasteiger partial charge >= 0.3 is 5.97 Å². The lowest BCUT2D eigenvalue weighted by molar-refractivity contribution is 0.0473. The molecule has 6 aromatic rings. The number of ether oxygens (including phenoxy) is 1. The summed E-state index contributed by atoms with van der Waals surface area (Å²) in [4.78, 5) is 35.7. The lowest BCUT2D eigenvalue weighted by Crippen LogP contribution is -2.23. The number of carbonyl (C=O) groups is 2. The minimum atomic E-state index is -0.442. The molecule has 0 fully saturated rings. The van der Waals surface area contributed by atoms with Crippen LogP contribution in [0.15, 0.2) is 104 Å². The van der Waals surface area contributed by atoms with E-state index in [1.54, 1.807) is 12.4 Å². The Bertz CT molecular complexity index is 2160. The summed E-state index contributed by atoms with van der Waals surface area (Å²) < 4.78 is 7.94. The fourth-order valence-corrected chi connectivity index (χ4v) is 5.81. The van der Waals surface area contributed by atoms with Crippen LogP contribution in [0.3, 0.4) is 0 Å². The Kier molecular flexibility index (Phi) is 9.40. The molecule has 1 N–H and O–H groups in total. The molecule has 8 nitrogen and oxygen atoms in total. The van der Waals surface area contributed by atoms with Crippen LogP contribution in [-0.4, -0.2) is 26.4 Å². The van der Waals surface area contributed by atoms with Crippen molar-refractivity contribution in [1.29, 1.82) is 5.26 Å². The predicted molar refractivity (Wildman–Crippen MR) is 185 cm³/mol. The van der Waals surface area contributed by atoms with Gasteiger partial charge < -0.3 is 14.6 Å². The molecule has 2 aromatic heterocycles. The second-order valence-corrected chi connectivity index (χ2v) is 11.8. The van der Waals surface area contributed by atoms with Crippen LogP contribution in [0.5, 0.6) is 0 Å². The average Bonchev–Trinajstić information content (AvgIpc) is 3.47. The highest BCUT2D eigenvalue weighted by Crippen LogP contribution is 2.33. The Labute approximate surface area is 279 Å². The van der Waals surface area contributed by atoms with Gasteiger partial charge in [0.05, 0.1) is 41.3 Å². The molecular formula is C40H35N5O3. The van der Waals surface area contributed by atoms with Gasteiger partial charge in [0.15, 0.2) is 0 Å². The third-order valence-corrected chi connectivity index (χ3v) is 8.35. The summed E-state index contributed by atoms with van der Waals surface area (Å²) in [6.45, 7) is 6.99. The number of rotatable bonds is 10. The summed E-state index contributed by atoms with van der Waals surface area (Å²) in [7, 11) is 0. The van der Waals surface area contributed by atoms with Gasteiger partial charge in [0, 0.05) is 41.8 Å². The number of aromatic nitrogens is 3. The average molecular weight is 634 g/mol. The van der Waals surface area contributed by atoms with Crippen molar-refractivity contribution in [3.63, 3.8) is 0 Å². The topological polar surface area (TPSA) is 110 Å².